The summed E-state index contributed by atoms with van der Waals surface area (Å²) >= 11 is 0. The van der Waals surface area contributed by atoms with Gasteiger partial charge >= 0.3 is 6.03 Å². The molecule has 2 amide bonds. The molecule has 0 bridgehead atoms. The molecule has 0 unspecified atom stereocenters. The number of ether oxygens (including phenoxy) is 2. The van der Waals surface area contributed by atoms with Crippen molar-refractivity contribution in [1.29, 1.82) is 0 Å². The van der Waals surface area contributed by atoms with Crippen molar-refractivity contribution < 1.29 is 14.3 Å². The smallest absolute Gasteiger partial charge is 0.323 e. The molecule has 0 spiro atoms. The second-order valence-electron chi connectivity index (χ2n) is 6.91. The summed E-state index contributed by atoms with van der Waals surface area (Å²) in [6, 6.07) is 5.69. The lowest BCUT2D eigenvalue weighted by molar-refractivity contribution is 0.126. The Morgan fingerprint density at radius 1 is 1.25 bits per heavy atom. The van der Waals surface area contributed by atoms with Crippen LogP contribution in [0.15, 0.2) is 29.4 Å². The molecule has 0 atom stereocenters. The first-order valence-electron chi connectivity index (χ1n) is 9.58. The Labute approximate surface area is 168 Å². The van der Waals surface area contributed by atoms with Gasteiger partial charge in [0.25, 0.3) is 0 Å². The Hall–Kier alpha value is -2.54. The lowest BCUT2D eigenvalue weighted by Gasteiger charge is -2.37. The van der Waals surface area contributed by atoms with E-state index in [2.05, 4.69) is 23.5 Å². The number of urea groups is 1. The van der Waals surface area contributed by atoms with E-state index in [0.29, 0.717) is 17.2 Å². The third-order valence-electron chi connectivity index (χ3n) is 5.32. The number of methoxy groups -OCH3 is 2. The molecule has 1 fully saturated rings. The molecule has 1 heterocycles. The van der Waals surface area contributed by atoms with E-state index in [0.717, 1.165) is 38.0 Å². The minimum Gasteiger partial charge on any atom is -0.493 e. The molecule has 28 heavy (non-hydrogen) atoms. The summed E-state index contributed by atoms with van der Waals surface area (Å²) in [5.74, 6) is 1.24. The van der Waals surface area contributed by atoms with Gasteiger partial charge in [-0.15, -0.1) is 0 Å². The molecule has 7 heteroatoms. The first kappa shape index (κ1) is 21.8. The van der Waals surface area contributed by atoms with Gasteiger partial charge < -0.3 is 24.2 Å². The van der Waals surface area contributed by atoms with Crippen molar-refractivity contribution in [1.82, 2.24) is 14.7 Å². The predicted octanol–water partition coefficient (Wildman–Crippen LogP) is 3.17. The van der Waals surface area contributed by atoms with Crippen LogP contribution < -0.4 is 9.47 Å². The van der Waals surface area contributed by atoms with Crippen molar-refractivity contribution in [3.05, 3.63) is 30.0 Å². The second-order valence-corrected chi connectivity index (χ2v) is 6.91. The monoisotopic (exact) mass is 388 g/mol. The van der Waals surface area contributed by atoms with Crippen molar-refractivity contribution in [2.75, 3.05) is 47.9 Å². The Kier molecular flexibility index (Phi) is 7.87. The molecular weight excluding hydrogens is 356 g/mol. The normalized spacial score (nSPS) is 15.8. The van der Waals surface area contributed by atoms with Crippen molar-refractivity contribution in [3.8, 4) is 11.5 Å². The number of benzene rings is 1. The number of piperidine rings is 1. The quantitative estimate of drug-likeness (QED) is 0.673. The molecule has 0 radical (unpaired) electrons. The SMILES string of the molecule is C=NC(=CN(C)C(=O)N(C)C1CCN(CC)CC1)c1ccc(OC)c(OC)c1. The Balaban J connectivity index is 2.13. The number of amides is 2. The van der Waals surface area contributed by atoms with E-state index in [1.807, 2.05) is 30.1 Å². The number of likely N-dealkylation sites (tertiary alicyclic amines) is 1. The lowest BCUT2D eigenvalue weighted by atomic mass is 10.0. The van der Waals surface area contributed by atoms with Gasteiger partial charge in [-0.3, -0.25) is 4.99 Å². The van der Waals surface area contributed by atoms with E-state index in [1.54, 1.807) is 32.4 Å². The molecule has 1 aromatic rings. The molecule has 1 aliphatic heterocycles. The molecule has 0 aromatic heterocycles. The topological polar surface area (TPSA) is 57.6 Å². The zero-order valence-corrected chi connectivity index (χ0v) is 17.6. The standard InChI is InChI=1S/C21H32N4O3/c1-7-25-12-10-17(11-13-25)24(4)21(26)23(3)15-18(22-2)16-8-9-19(27-5)20(14-16)28-6/h8-9,14-15,17H,2,7,10-13H2,1,3-6H3. The van der Waals surface area contributed by atoms with Gasteiger partial charge in [-0.2, -0.15) is 0 Å². The van der Waals surface area contributed by atoms with Crippen LogP contribution in [-0.2, 0) is 0 Å². The largest absolute Gasteiger partial charge is 0.493 e. The van der Waals surface area contributed by atoms with Gasteiger partial charge in [0, 0.05) is 45.0 Å². The number of nitrogens with zero attached hydrogens (tertiary/aromatic N) is 4. The molecule has 1 saturated heterocycles. The maximum absolute atomic E-state index is 12.9. The summed E-state index contributed by atoms with van der Waals surface area (Å²) in [6.45, 7) is 8.95. The summed E-state index contributed by atoms with van der Waals surface area (Å²) in [5.41, 5.74) is 1.39. The third-order valence-corrected chi connectivity index (χ3v) is 5.32. The van der Waals surface area contributed by atoms with Crippen LogP contribution >= 0.6 is 0 Å². The van der Waals surface area contributed by atoms with Gasteiger partial charge in [-0.25, -0.2) is 4.79 Å². The van der Waals surface area contributed by atoms with E-state index >= 15 is 0 Å². The van der Waals surface area contributed by atoms with Crippen molar-refractivity contribution in [2.24, 2.45) is 4.99 Å². The fourth-order valence-electron chi connectivity index (χ4n) is 3.47. The minimum absolute atomic E-state index is 0.0587. The van der Waals surface area contributed by atoms with Crippen LogP contribution in [0.3, 0.4) is 0 Å². The van der Waals surface area contributed by atoms with E-state index in [1.165, 1.54) is 0 Å². The average molecular weight is 389 g/mol. The third kappa shape index (κ3) is 5.04. The summed E-state index contributed by atoms with van der Waals surface area (Å²) in [5, 5.41) is 0. The van der Waals surface area contributed by atoms with Crippen molar-refractivity contribution in [2.45, 2.75) is 25.8 Å². The van der Waals surface area contributed by atoms with Crippen molar-refractivity contribution >= 4 is 18.4 Å². The number of carbonyl (C=O) groups excluding carboxylic acids is 1. The Morgan fingerprint density at radius 3 is 2.43 bits per heavy atom. The molecule has 7 nitrogen and oxygen atoms in total. The zero-order valence-electron chi connectivity index (χ0n) is 17.6. The van der Waals surface area contributed by atoms with Gasteiger partial charge in [0.15, 0.2) is 11.5 Å². The van der Waals surface area contributed by atoms with Crippen LogP contribution in [0.4, 0.5) is 4.79 Å². The number of aliphatic imine (C=N–C) groups is 1. The molecule has 2 rings (SSSR count). The van der Waals surface area contributed by atoms with Gasteiger partial charge in [-0.05, 0) is 44.3 Å². The highest BCUT2D eigenvalue weighted by molar-refractivity contribution is 5.78. The number of carbonyl (C=O) groups is 1. The predicted molar refractivity (Wildman–Crippen MR) is 113 cm³/mol. The Bertz CT molecular complexity index is 712. The fraction of sp³-hybridized carbons (Fsp3) is 0.524. The second kappa shape index (κ2) is 10.1. The molecule has 1 aliphatic rings. The lowest BCUT2D eigenvalue weighted by Crippen LogP contribution is -2.48. The van der Waals surface area contributed by atoms with Crippen LogP contribution in [0, 0.1) is 0 Å². The van der Waals surface area contributed by atoms with Gasteiger partial charge in [-0.1, -0.05) is 6.92 Å². The van der Waals surface area contributed by atoms with Gasteiger partial charge in [0.2, 0.25) is 0 Å². The van der Waals surface area contributed by atoms with Crippen LogP contribution in [-0.4, -0.2) is 81.4 Å². The van der Waals surface area contributed by atoms with E-state index in [9.17, 15) is 4.79 Å². The van der Waals surface area contributed by atoms with E-state index in [-0.39, 0.29) is 12.1 Å². The van der Waals surface area contributed by atoms with Gasteiger partial charge in [0.05, 0.1) is 19.9 Å². The first-order valence-corrected chi connectivity index (χ1v) is 9.58. The van der Waals surface area contributed by atoms with Crippen LogP contribution in [0.5, 0.6) is 11.5 Å². The van der Waals surface area contributed by atoms with E-state index in [4.69, 9.17) is 9.47 Å². The summed E-state index contributed by atoms with van der Waals surface area (Å²) in [7, 11) is 6.79. The van der Waals surface area contributed by atoms with Crippen molar-refractivity contribution in [3.63, 3.8) is 0 Å². The molecule has 1 aromatic carbocycles. The minimum atomic E-state index is -0.0587. The van der Waals surface area contributed by atoms with Crippen LogP contribution in [0.25, 0.3) is 5.70 Å². The van der Waals surface area contributed by atoms with Gasteiger partial charge in [0.1, 0.15) is 0 Å². The highest BCUT2D eigenvalue weighted by Crippen LogP contribution is 2.30. The summed E-state index contributed by atoms with van der Waals surface area (Å²) in [6.07, 6.45) is 3.69. The highest BCUT2D eigenvalue weighted by atomic mass is 16.5. The number of hydrogen-bond donors (Lipinski definition) is 0. The average Bonchev–Trinajstić information content (AvgIpc) is 2.75. The zero-order chi connectivity index (χ0) is 20.7. The molecular formula is C21H32N4O3. The molecule has 0 N–H and O–H groups in total. The Morgan fingerprint density at radius 2 is 1.89 bits per heavy atom. The summed E-state index contributed by atoms with van der Waals surface area (Å²) in [4.78, 5) is 22.8. The molecule has 154 valence electrons. The number of rotatable bonds is 7. The summed E-state index contributed by atoms with van der Waals surface area (Å²) < 4.78 is 10.6. The molecule has 0 saturated carbocycles. The van der Waals surface area contributed by atoms with E-state index < -0.39 is 0 Å². The number of hydrogen-bond acceptors (Lipinski definition) is 5. The first-order chi connectivity index (χ1) is 13.4. The maximum Gasteiger partial charge on any atom is 0.323 e. The molecule has 0 aliphatic carbocycles. The fourth-order valence-corrected chi connectivity index (χ4v) is 3.47. The maximum atomic E-state index is 12.9. The van der Waals surface area contributed by atoms with Crippen LogP contribution in [0.2, 0.25) is 0 Å². The van der Waals surface area contributed by atoms with Crippen LogP contribution in [0.1, 0.15) is 25.3 Å². The highest BCUT2D eigenvalue weighted by Gasteiger charge is 2.26.